The highest BCUT2D eigenvalue weighted by molar-refractivity contribution is 9.10. The first kappa shape index (κ1) is 10.0. The fourth-order valence-electron chi connectivity index (χ4n) is 0.881. The van der Waals surface area contributed by atoms with Crippen LogP contribution in [0.3, 0.4) is 0 Å². The number of halogens is 1. The number of hydrogen-bond acceptors (Lipinski definition) is 1. The van der Waals surface area contributed by atoms with E-state index in [0.717, 1.165) is 4.47 Å². The molecule has 0 fully saturated rings. The second kappa shape index (κ2) is 4.84. The van der Waals surface area contributed by atoms with Crippen molar-refractivity contribution in [3.63, 3.8) is 0 Å². The molecular weight excluding hydrogens is 228 g/mol. The maximum Gasteiger partial charge on any atom is 0.237 e. The molecule has 1 nitrogen and oxygen atoms in total. The van der Waals surface area contributed by atoms with Gasteiger partial charge in [0, 0.05) is 16.5 Å². The van der Waals surface area contributed by atoms with Crippen molar-refractivity contribution in [2.45, 2.75) is 13.3 Å². The van der Waals surface area contributed by atoms with Gasteiger partial charge < -0.3 is 0 Å². The van der Waals surface area contributed by atoms with Crippen LogP contribution in [0.15, 0.2) is 28.7 Å². The van der Waals surface area contributed by atoms with Crippen molar-refractivity contribution < 1.29 is 4.79 Å². The molecule has 0 atom stereocenters. The number of Topliss-reactive ketones (excluding diaryl/α,β-unsaturated/α-hetero) is 1. The summed E-state index contributed by atoms with van der Waals surface area (Å²) in [5.41, 5.74) is 0.628. The predicted octanol–water partition coefficient (Wildman–Crippen LogP) is 3.05. The summed E-state index contributed by atoms with van der Waals surface area (Å²) in [7, 11) is 0. The second-order valence-electron chi connectivity index (χ2n) is 2.46. The van der Waals surface area contributed by atoms with Gasteiger partial charge in [0.2, 0.25) is 5.78 Å². The Morgan fingerprint density at radius 1 is 1.46 bits per heavy atom. The van der Waals surface area contributed by atoms with Crippen molar-refractivity contribution in [3.8, 4) is 11.8 Å². The molecule has 66 valence electrons. The van der Waals surface area contributed by atoms with Crippen LogP contribution in [0.25, 0.3) is 0 Å². The summed E-state index contributed by atoms with van der Waals surface area (Å²) in [5, 5.41) is 0. The maximum absolute atomic E-state index is 11.4. The van der Waals surface area contributed by atoms with Gasteiger partial charge in [-0.1, -0.05) is 40.9 Å². The van der Waals surface area contributed by atoms with E-state index >= 15 is 0 Å². The van der Waals surface area contributed by atoms with Gasteiger partial charge in [0.25, 0.3) is 0 Å². The van der Waals surface area contributed by atoms with E-state index in [0.29, 0.717) is 12.0 Å². The summed E-state index contributed by atoms with van der Waals surface area (Å²) in [4.78, 5) is 11.4. The lowest BCUT2D eigenvalue weighted by Crippen LogP contribution is -1.95. The summed E-state index contributed by atoms with van der Waals surface area (Å²) >= 11 is 3.30. The Hall–Kier alpha value is -1.07. The van der Waals surface area contributed by atoms with Crippen molar-refractivity contribution in [2.24, 2.45) is 0 Å². The lowest BCUT2D eigenvalue weighted by atomic mass is 10.1. The minimum absolute atomic E-state index is 0.130. The van der Waals surface area contributed by atoms with Crippen LogP contribution in [0.4, 0.5) is 0 Å². The molecule has 1 rings (SSSR count). The SMILES string of the molecule is CCC#CC(=O)c1ccccc1Br. The summed E-state index contributed by atoms with van der Waals surface area (Å²) in [5.74, 6) is 5.19. The van der Waals surface area contributed by atoms with Gasteiger partial charge in [-0.15, -0.1) is 0 Å². The minimum Gasteiger partial charge on any atom is -0.279 e. The molecule has 0 saturated carbocycles. The smallest absolute Gasteiger partial charge is 0.237 e. The Labute approximate surface area is 86.3 Å². The first-order chi connectivity index (χ1) is 6.25. The molecule has 0 N–H and O–H groups in total. The van der Waals surface area contributed by atoms with Gasteiger partial charge in [-0.25, -0.2) is 0 Å². The minimum atomic E-state index is -0.130. The van der Waals surface area contributed by atoms with Crippen LogP contribution in [0.1, 0.15) is 23.7 Å². The molecule has 0 bridgehead atoms. The van der Waals surface area contributed by atoms with Crippen LogP contribution in [-0.4, -0.2) is 5.78 Å². The van der Waals surface area contributed by atoms with Crippen molar-refractivity contribution in [3.05, 3.63) is 34.3 Å². The standard InChI is InChI=1S/C11H9BrO/c1-2-3-8-11(13)9-6-4-5-7-10(9)12/h4-7H,2H2,1H3. The zero-order valence-corrected chi connectivity index (χ0v) is 8.89. The van der Waals surface area contributed by atoms with Crippen LogP contribution < -0.4 is 0 Å². The Balaban J connectivity index is 2.96. The lowest BCUT2D eigenvalue weighted by Gasteiger charge is -1.95. The third-order valence-electron chi connectivity index (χ3n) is 1.50. The average Bonchev–Trinajstić information content (AvgIpc) is 2.15. The van der Waals surface area contributed by atoms with Gasteiger partial charge in [0.15, 0.2) is 0 Å². The zero-order chi connectivity index (χ0) is 9.68. The molecule has 2 heteroatoms. The molecule has 0 heterocycles. The fraction of sp³-hybridized carbons (Fsp3) is 0.182. The summed E-state index contributed by atoms with van der Waals surface area (Å²) in [6.45, 7) is 1.92. The van der Waals surface area contributed by atoms with Gasteiger partial charge in [-0.3, -0.25) is 4.79 Å². The van der Waals surface area contributed by atoms with Crippen molar-refractivity contribution in [2.75, 3.05) is 0 Å². The van der Waals surface area contributed by atoms with E-state index in [1.165, 1.54) is 0 Å². The molecule has 0 aliphatic heterocycles. The number of ketones is 1. The highest BCUT2D eigenvalue weighted by atomic mass is 79.9. The summed E-state index contributed by atoms with van der Waals surface area (Å²) < 4.78 is 0.797. The molecule has 1 aromatic carbocycles. The first-order valence-electron chi connectivity index (χ1n) is 4.03. The number of carbonyl (C=O) groups excluding carboxylic acids is 1. The Bertz CT molecular complexity index is 371. The third kappa shape index (κ3) is 2.71. The maximum atomic E-state index is 11.4. The Morgan fingerprint density at radius 2 is 2.15 bits per heavy atom. The first-order valence-corrected chi connectivity index (χ1v) is 4.82. The largest absolute Gasteiger partial charge is 0.279 e. The van der Waals surface area contributed by atoms with E-state index in [1.54, 1.807) is 6.07 Å². The van der Waals surface area contributed by atoms with Gasteiger partial charge in [0.05, 0.1) is 0 Å². The van der Waals surface area contributed by atoms with E-state index < -0.39 is 0 Å². The molecule has 0 aliphatic rings. The summed E-state index contributed by atoms with van der Waals surface area (Å²) in [6, 6.07) is 7.29. The van der Waals surface area contributed by atoms with Crippen LogP contribution in [-0.2, 0) is 0 Å². The Morgan fingerprint density at radius 3 is 2.77 bits per heavy atom. The molecular formula is C11H9BrO. The van der Waals surface area contributed by atoms with Gasteiger partial charge >= 0.3 is 0 Å². The molecule has 0 spiro atoms. The van der Waals surface area contributed by atoms with E-state index in [4.69, 9.17) is 0 Å². The van der Waals surface area contributed by atoms with Crippen LogP contribution in [0, 0.1) is 11.8 Å². The molecule has 13 heavy (non-hydrogen) atoms. The van der Waals surface area contributed by atoms with E-state index in [1.807, 2.05) is 25.1 Å². The normalized spacial score (nSPS) is 8.77. The molecule has 0 saturated heterocycles. The fourth-order valence-corrected chi connectivity index (χ4v) is 1.35. The summed E-state index contributed by atoms with van der Waals surface area (Å²) in [6.07, 6.45) is 0.705. The van der Waals surface area contributed by atoms with Crippen LogP contribution in [0.5, 0.6) is 0 Å². The topological polar surface area (TPSA) is 17.1 Å². The van der Waals surface area contributed by atoms with Crippen molar-refractivity contribution in [1.29, 1.82) is 0 Å². The predicted molar refractivity (Wildman–Crippen MR) is 56.5 cm³/mol. The average molecular weight is 237 g/mol. The molecule has 0 aliphatic carbocycles. The third-order valence-corrected chi connectivity index (χ3v) is 2.19. The van der Waals surface area contributed by atoms with Crippen LogP contribution in [0.2, 0.25) is 0 Å². The molecule has 0 radical (unpaired) electrons. The molecule has 0 amide bonds. The molecule has 0 aromatic heterocycles. The number of benzene rings is 1. The second-order valence-corrected chi connectivity index (χ2v) is 3.32. The van der Waals surface area contributed by atoms with Crippen molar-refractivity contribution >= 4 is 21.7 Å². The quantitative estimate of drug-likeness (QED) is 0.416. The highest BCUT2D eigenvalue weighted by Gasteiger charge is 2.04. The lowest BCUT2D eigenvalue weighted by molar-refractivity contribution is 0.105. The van der Waals surface area contributed by atoms with E-state index in [2.05, 4.69) is 27.8 Å². The van der Waals surface area contributed by atoms with E-state index in [9.17, 15) is 4.79 Å². The Kier molecular flexibility index (Phi) is 3.72. The van der Waals surface area contributed by atoms with Gasteiger partial charge in [0.1, 0.15) is 0 Å². The highest BCUT2D eigenvalue weighted by Crippen LogP contribution is 2.15. The molecule has 1 aromatic rings. The van der Waals surface area contributed by atoms with Gasteiger partial charge in [-0.2, -0.15) is 0 Å². The van der Waals surface area contributed by atoms with E-state index in [-0.39, 0.29) is 5.78 Å². The van der Waals surface area contributed by atoms with Crippen molar-refractivity contribution in [1.82, 2.24) is 0 Å². The zero-order valence-electron chi connectivity index (χ0n) is 7.30. The monoisotopic (exact) mass is 236 g/mol. The number of rotatable bonds is 1. The molecule has 0 unspecified atom stereocenters. The van der Waals surface area contributed by atoms with Gasteiger partial charge in [-0.05, 0) is 18.1 Å². The number of carbonyl (C=O) groups is 1. The van der Waals surface area contributed by atoms with Crippen LogP contribution >= 0.6 is 15.9 Å². The number of hydrogen-bond donors (Lipinski definition) is 0.